The predicted molar refractivity (Wildman–Crippen MR) is 41.8 cm³/mol. The maximum absolute atomic E-state index is 11.3. The Morgan fingerprint density at radius 3 is 2.64 bits per heavy atom. The zero-order chi connectivity index (χ0) is 8.27. The lowest BCUT2D eigenvalue weighted by Gasteiger charge is -2.18. The number of aliphatic hydroxyl groups excluding tert-OH is 1. The molecule has 3 nitrogen and oxygen atoms in total. The Balaban J connectivity index is 2.32. The number of hydrogen-bond donors (Lipinski definition) is 1. The molecular weight excluding hydrogens is 142 g/mol. The quantitative estimate of drug-likeness (QED) is 0.606. The van der Waals surface area contributed by atoms with Gasteiger partial charge in [0.05, 0.1) is 0 Å². The van der Waals surface area contributed by atoms with Crippen molar-refractivity contribution in [1.29, 1.82) is 0 Å². The molecule has 0 spiro atoms. The van der Waals surface area contributed by atoms with Gasteiger partial charge in [-0.2, -0.15) is 0 Å². The molecule has 1 rings (SSSR count). The molecule has 1 aliphatic rings. The van der Waals surface area contributed by atoms with Gasteiger partial charge in [0.2, 0.25) is 5.91 Å². The van der Waals surface area contributed by atoms with E-state index in [9.17, 15) is 4.79 Å². The number of carbonyl (C=O) groups excluding carboxylic acids is 1. The Hall–Kier alpha value is -0.570. The fourth-order valence-corrected chi connectivity index (χ4v) is 1.11. The van der Waals surface area contributed by atoms with Gasteiger partial charge in [-0.05, 0) is 19.3 Å². The summed E-state index contributed by atoms with van der Waals surface area (Å²) in [4.78, 5) is 12.8. The summed E-state index contributed by atoms with van der Waals surface area (Å²) < 4.78 is 0. The van der Waals surface area contributed by atoms with Crippen LogP contribution in [0.25, 0.3) is 0 Å². The van der Waals surface area contributed by atoms with Gasteiger partial charge in [-0.15, -0.1) is 0 Å². The lowest BCUT2D eigenvalue weighted by Crippen LogP contribution is -2.33. The summed E-state index contributed by atoms with van der Waals surface area (Å²) in [6.07, 6.45) is 2.94. The lowest BCUT2D eigenvalue weighted by atomic mass is 10.3. The maximum atomic E-state index is 11.3. The van der Waals surface area contributed by atoms with E-state index >= 15 is 0 Å². The summed E-state index contributed by atoms with van der Waals surface area (Å²) in [7, 11) is 0. The predicted octanol–water partition coefficient (Wildman–Crippen LogP) is 0.585. The molecule has 0 unspecified atom stereocenters. The highest BCUT2D eigenvalue weighted by atomic mass is 16.3. The van der Waals surface area contributed by atoms with Crippen molar-refractivity contribution in [3.05, 3.63) is 0 Å². The normalized spacial score (nSPS) is 16.5. The second-order valence-electron chi connectivity index (χ2n) is 3.02. The largest absolute Gasteiger partial charge is 0.376 e. The molecule has 0 heterocycles. The fourth-order valence-electron chi connectivity index (χ4n) is 1.11. The van der Waals surface area contributed by atoms with Gasteiger partial charge >= 0.3 is 0 Å². The Morgan fingerprint density at radius 2 is 2.27 bits per heavy atom. The van der Waals surface area contributed by atoms with Crippen molar-refractivity contribution in [3.63, 3.8) is 0 Å². The summed E-state index contributed by atoms with van der Waals surface area (Å²) in [5, 5.41) is 8.81. The second kappa shape index (κ2) is 3.72. The van der Waals surface area contributed by atoms with E-state index in [1.165, 1.54) is 4.90 Å². The highest BCUT2D eigenvalue weighted by Gasteiger charge is 2.32. The Labute approximate surface area is 67.0 Å². The fraction of sp³-hybridized carbons (Fsp3) is 0.875. The van der Waals surface area contributed by atoms with Crippen LogP contribution in [-0.4, -0.2) is 29.2 Å². The summed E-state index contributed by atoms with van der Waals surface area (Å²) >= 11 is 0. The molecule has 0 aromatic carbocycles. The molecule has 0 aromatic heterocycles. The van der Waals surface area contributed by atoms with Crippen molar-refractivity contribution in [2.45, 2.75) is 26.2 Å². The van der Waals surface area contributed by atoms with Crippen molar-refractivity contribution >= 4 is 5.91 Å². The molecule has 11 heavy (non-hydrogen) atoms. The first-order valence-electron chi connectivity index (χ1n) is 4.19. The molecular formula is C8H15NO2. The SMILES string of the molecule is CCCN(CO)C(=O)C1CC1. The molecule has 1 aliphatic carbocycles. The molecule has 0 saturated heterocycles. The van der Waals surface area contributed by atoms with E-state index in [0.29, 0.717) is 6.54 Å². The van der Waals surface area contributed by atoms with Crippen molar-refractivity contribution in [1.82, 2.24) is 4.90 Å². The van der Waals surface area contributed by atoms with Crippen LogP contribution in [0.5, 0.6) is 0 Å². The molecule has 0 atom stereocenters. The molecule has 0 aliphatic heterocycles. The minimum Gasteiger partial charge on any atom is -0.376 e. The number of rotatable bonds is 4. The monoisotopic (exact) mass is 157 g/mol. The van der Waals surface area contributed by atoms with Crippen LogP contribution in [0.15, 0.2) is 0 Å². The third-order valence-corrected chi connectivity index (χ3v) is 1.90. The van der Waals surface area contributed by atoms with Crippen LogP contribution in [0, 0.1) is 5.92 Å². The van der Waals surface area contributed by atoms with Crippen LogP contribution >= 0.6 is 0 Å². The van der Waals surface area contributed by atoms with Crippen LogP contribution in [0.2, 0.25) is 0 Å². The summed E-state index contributed by atoms with van der Waals surface area (Å²) in [5.74, 6) is 0.364. The van der Waals surface area contributed by atoms with Crippen molar-refractivity contribution in [2.75, 3.05) is 13.3 Å². The molecule has 1 amide bonds. The number of aliphatic hydroxyl groups is 1. The van der Waals surface area contributed by atoms with E-state index in [0.717, 1.165) is 19.3 Å². The summed E-state index contributed by atoms with van der Waals surface area (Å²) in [5.41, 5.74) is 0. The van der Waals surface area contributed by atoms with E-state index in [1.807, 2.05) is 6.92 Å². The lowest BCUT2D eigenvalue weighted by molar-refractivity contribution is -0.136. The summed E-state index contributed by atoms with van der Waals surface area (Å²) in [6.45, 7) is 2.57. The standard InChI is InChI=1S/C8H15NO2/c1-2-5-9(6-10)8(11)7-3-4-7/h7,10H,2-6H2,1H3. The van der Waals surface area contributed by atoms with E-state index in [-0.39, 0.29) is 18.6 Å². The average Bonchev–Trinajstić information content (AvgIpc) is 2.81. The number of hydrogen-bond acceptors (Lipinski definition) is 2. The summed E-state index contributed by atoms with van der Waals surface area (Å²) in [6, 6.07) is 0. The number of amides is 1. The molecule has 0 aromatic rings. The van der Waals surface area contributed by atoms with Gasteiger partial charge in [-0.25, -0.2) is 0 Å². The van der Waals surface area contributed by atoms with E-state index in [4.69, 9.17) is 5.11 Å². The first-order valence-corrected chi connectivity index (χ1v) is 4.19. The van der Waals surface area contributed by atoms with E-state index in [2.05, 4.69) is 0 Å². The maximum Gasteiger partial charge on any atom is 0.227 e. The van der Waals surface area contributed by atoms with Crippen LogP contribution < -0.4 is 0 Å². The minimum absolute atomic E-state index is 0.122. The second-order valence-corrected chi connectivity index (χ2v) is 3.02. The Bertz CT molecular complexity index is 143. The third kappa shape index (κ3) is 2.19. The highest BCUT2D eigenvalue weighted by Crippen LogP contribution is 2.30. The average molecular weight is 157 g/mol. The van der Waals surface area contributed by atoms with Crippen molar-refractivity contribution in [3.8, 4) is 0 Å². The van der Waals surface area contributed by atoms with Crippen LogP contribution in [-0.2, 0) is 4.79 Å². The topological polar surface area (TPSA) is 40.5 Å². The molecule has 1 saturated carbocycles. The van der Waals surface area contributed by atoms with Crippen molar-refractivity contribution < 1.29 is 9.90 Å². The molecule has 0 radical (unpaired) electrons. The van der Waals surface area contributed by atoms with Gasteiger partial charge in [0, 0.05) is 12.5 Å². The van der Waals surface area contributed by atoms with Gasteiger partial charge in [0.1, 0.15) is 6.73 Å². The van der Waals surface area contributed by atoms with Gasteiger partial charge < -0.3 is 10.0 Å². The minimum atomic E-state index is -0.122. The highest BCUT2D eigenvalue weighted by molar-refractivity contribution is 5.80. The molecule has 1 fully saturated rings. The van der Waals surface area contributed by atoms with Crippen LogP contribution in [0.4, 0.5) is 0 Å². The van der Waals surface area contributed by atoms with Gasteiger partial charge in [0.15, 0.2) is 0 Å². The number of nitrogens with zero attached hydrogens (tertiary/aromatic N) is 1. The van der Waals surface area contributed by atoms with Crippen molar-refractivity contribution in [2.24, 2.45) is 5.92 Å². The molecule has 64 valence electrons. The first kappa shape index (κ1) is 8.53. The van der Waals surface area contributed by atoms with Crippen LogP contribution in [0.3, 0.4) is 0 Å². The van der Waals surface area contributed by atoms with Gasteiger partial charge in [0.25, 0.3) is 0 Å². The smallest absolute Gasteiger partial charge is 0.227 e. The number of carbonyl (C=O) groups is 1. The zero-order valence-corrected chi connectivity index (χ0v) is 6.92. The van der Waals surface area contributed by atoms with Gasteiger partial charge in [-0.3, -0.25) is 4.79 Å². The molecule has 1 N–H and O–H groups in total. The first-order chi connectivity index (χ1) is 5.29. The zero-order valence-electron chi connectivity index (χ0n) is 6.92. The molecule has 3 heteroatoms. The Morgan fingerprint density at radius 1 is 1.64 bits per heavy atom. The Kier molecular flexibility index (Phi) is 2.88. The van der Waals surface area contributed by atoms with E-state index < -0.39 is 0 Å². The van der Waals surface area contributed by atoms with Crippen LogP contribution in [0.1, 0.15) is 26.2 Å². The molecule has 0 bridgehead atoms. The third-order valence-electron chi connectivity index (χ3n) is 1.90. The van der Waals surface area contributed by atoms with Gasteiger partial charge in [-0.1, -0.05) is 6.92 Å². The van der Waals surface area contributed by atoms with E-state index in [1.54, 1.807) is 0 Å².